The molecule has 0 saturated heterocycles. The van der Waals surface area contributed by atoms with E-state index >= 15 is 0 Å². The Morgan fingerprint density at radius 1 is 0.850 bits per heavy atom. The van der Waals surface area contributed by atoms with Crippen LogP contribution >= 0.6 is 74.0 Å². The molecular formula is C22H26Cl4N9O2PS2. The van der Waals surface area contributed by atoms with Gasteiger partial charge in [-0.2, -0.15) is 10.2 Å². The van der Waals surface area contributed by atoms with E-state index in [4.69, 9.17) is 11.6 Å². The van der Waals surface area contributed by atoms with Gasteiger partial charge in [0.25, 0.3) is 5.56 Å². The van der Waals surface area contributed by atoms with Crippen molar-refractivity contribution in [3.05, 3.63) is 57.2 Å². The zero-order valence-electron chi connectivity index (χ0n) is 22.2. The fourth-order valence-corrected chi connectivity index (χ4v) is 4.06. The molecule has 0 aliphatic carbocycles. The third-order valence-electron chi connectivity index (χ3n) is 4.76. The van der Waals surface area contributed by atoms with Crippen molar-refractivity contribution in [3.8, 4) is 0 Å². The summed E-state index contributed by atoms with van der Waals surface area (Å²) < 4.78 is 9.51. The number of aromatic amines is 3. The van der Waals surface area contributed by atoms with Crippen LogP contribution in [0.2, 0.25) is 5.15 Å². The van der Waals surface area contributed by atoms with Crippen LogP contribution in [-0.2, 0) is 4.57 Å². The fraction of sp³-hybridized carbons (Fsp3) is 0.273. The summed E-state index contributed by atoms with van der Waals surface area (Å²) in [6.07, 6.45) is 3.75. The van der Waals surface area contributed by atoms with Crippen molar-refractivity contribution in [2.24, 2.45) is 0 Å². The van der Waals surface area contributed by atoms with Gasteiger partial charge in [-0.1, -0.05) is 53.3 Å². The van der Waals surface area contributed by atoms with Gasteiger partial charge in [0.05, 0.1) is 5.39 Å². The van der Waals surface area contributed by atoms with Crippen molar-refractivity contribution in [2.45, 2.75) is 24.2 Å². The molecule has 0 fully saturated rings. The Morgan fingerprint density at radius 2 is 1.38 bits per heavy atom. The average molecular weight is 685 g/mol. The van der Waals surface area contributed by atoms with E-state index in [0.717, 1.165) is 16.8 Å². The van der Waals surface area contributed by atoms with Gasteiger partial charge in [0.1, 0.15) is 10.5 Å². The lowest BCUT2D eigenvalue weighted by Crippen LogP contribution is -2.08. The van der Waals surface area contributed by atoms with Crippen LogP contribution in [0.15, 0.2) is 45.4 Å². The average Bonchev–Trinajstić information content (AvgIpc) is 3.46. The van der Waals surface area contributed by atoms with E-state index in [-0.39, 0.29) is 5.56 Å². The SMILES string of the molecule is CN(C)c1ccccc1.CSc1nc(Cl)c2c(C)[nH]nc2n1.CSc1nc2n[nH]c(C)c2c(=O)[nH]1.O=P(Cl)(Cl)Cl. The van der Waals surface area contributed by atoms with Gasteiger partial charge in [0.2, 0.25) is 0 Å². The summed E-state index contributed by atoms with van der Waals surface area (Å²) in [5.74, 6) is 0. The normalized spacial score (nSPS) is 10.7. The summed E-state index contributed by atoms with van der Waals surface area (Å²) in [6.45, 7) is 3.69. The number of anilines is 1. The molecule has 0 spiro atoms. The molecule has 5 rings (SSSR count). The number of thioether (sulfide) groups is 2. The maximum absolute atomic E-state index is 11.5. The van der Waals surface area contributed by atoms with Crippen molar-refractivity contribution in [3.63, 3.8) is 0 Å². The van der Waals surface area contributed by atoms with Crippen LogP contribution < -0.4 is 10.5 Å². The first-order chi connectivity index (χ1) is 18.7. The summed E-state index contributed by atoms with van der Waals surface area (Å²) >= 11 is 22.6. The van der Waals surface area contributed by atoms with Gasteiger partial charge in [0, 0.05) is 31.2 Å². The van der Waals surface area contributed by atoms with Crippen LogP contribution in [0.1, 0.15) is 11.4 Å². The number of aromatic nitrogens is 8. The molecule has 5 aromatic rings. The molecule has 1 aromatic carbocycles. The van der Waals surface area contributed by atoms with Gasteiger partial charge >= 0.3 is 5.20 Å². The molecule has 4 aromatic heterocycles. The molecule has 0 saturated carbocycles. The maximum Gasteiger partial charge on any atom is 0.339 e. The Bertz CT molecular complexity index is 1630. The zero-order chi connectivity index (χ0) is 30.0. The number of hydrogen-bond donors (Lipinski definition) is 3. The molecule has 0 amide bonds. The summed E-state index contributed by atoms with van der Waals surface area (Å²) in [6, 6.07) is 10.3. The first-order valence-corrected chi connectivity index (χ1v) is 18.3. The molecule has 4 heterocycles. The number of H-pyrrole nitrogens is 3. The lowest BCUT2D eigenvalue weighted by molar-refractivity contribution is 0.600. The van der Waals surface area contributed by atoms with Crippen LogP contribution in [0.3, 0.4) is 0 Å². The van der Waals surface area contributed by atoms with E-state index < -0.39 is 5.20 Å². The second-order valence-electron chi connectivity index (χ2n) is 7.80. The highest BCUT2D eigenvalue weighted by molar-refractivity contribution is 8.24. The number of nitrogens with one attached hydrogen (secondary N) is 3. The van der Waals surface area contributed by atoms with Crippen LogP contribution in [0.5, 0.6) is 0 Å². The molecule has 0 atom stereocenters. The summed E-state index contributed by atoms with van der Waals surface area (Å²) in [4.78, 5) is 28.7. The van der Waals surface area contributed by atoms with Crippen molar-refractivity contribution in [1.82, 2.24) is 40.3 Å². The lowest BCUT2D eigenvalue weighted by Gasteiger charge is -2.10. The molecule has 216 valence electrons. The Balaban J connectivity index is 0.000000197. The number of benzene rings is 1. The third-order valence-corrected chi connectivity index (χ3v) is 6.16. The molecule has 0 aliphatic heterocycles. The largest absolute Gasteiger partial charge is 0.378 e. The standard InChI is InChI=1S/C8H11N.C7H7ClN4S.C7H8N4OS.Cl3OP/c1-9(2)8-6-4-3-5-7-8;1-3-4-5(8)9-7(13-2)10-6(4)12-11-3;1-3-4-5(11-10-3)8-7(13-2)9-6(4)12;1-5(2,3)4/h3-7H,1-2H3;1-2H3,(H,9,10,11,12);1-2H3,(H2,8,9,10,11,12);. The molecule has 3 N–H and O–H groups in total. The van der Waals surface area contributed by atoms with Crippen LogP contribution in [0, 0.1) is 13.8 Å². The highest BCUT2D eigenvalue weighted by Gasteiger charge is 2.10. The molecule has 40 heavy (non-hydrogen) atoms. The van der Waals surface area contributed by atoms with Gasteiger partial charge in [-0.3, -0.25) is 19.6 Å². The number of halogens is 4. The van der Waals surface area contributed by atoms with Gasteiger partial charge in [-0.25, -0.2) is 15.0 Å². The first-order valence-electron chi connectivity index (χ1n) is 11.1. The first kappa shape index (κ1) is 34.2. The number of rotatable bonds is 3. The maximum atomic E-state index is 11.5. The van der Waals surface area contributed by atoms with E-state index in [2.05, 4.69) is 91.1 Å². The van der Waals surface area contributed by atoms with Crippen molar-refractivity contribution >= 4 is 102 Å². The van der Waals surface area contributed by atoms with Gasteiger partial charge in [-0.05, 0) is 72.2 Å². The van der Waals surface area contributed by atoms with E-state index in [1.807, 2.05) is 51.7 Å². The predicted molar refractivity (Wildman–Crippen MR) is 170 cm³/mol. The van der Waals surface area contributed by atoms with Gasteiger partial charge in [-0.15, -0.1) is 0 Å². The van der Waals surface area contributed by atoms with Crippen LogP contribution in [0.4, 0.5) is 5.69 Å². The Morgan fingerprint density at radius 3 is 1.85 bits per heavy atom. The summed E-state index contributed by atoms with van der Waals surface area (Å²) in [7, 11) is 4.07. The van der Waals surface area contributed by atoms with Crippen LogP contribution in [-0.4, -0.2) is 66.9 Å². The molecule has 0 aliphatic rings. The Kier molecular flexibility index (Phi) is 13.6. The smallest absolute Gasteiger partial charge is 0.339 e. The van der Waals surface area contributed by atoms with Crippen molar-refractivity contribution < 1.29 is 4.57 Å². The van der Waals surface area contributed by atoms with E-state index in [1.54, 1.807) is 6.92 Å². The number of nitrogens with zero attached hydrogens (tertiary/aromatic N) is 6. The number of hydrogen-bond acceptors (Lipinski definition) is 10. The van der Waals surface area contributed by atoms with E-state index in [1.165, 1.54) is 29.2 Å². The minimum atomic E-state index is -3.22. The van der Waals surface area contributed by atoms with Gasteiger partial charge < -0.3 is 9.88 Å². The van der Waals surface area contributed by atoms with Gasteiger partial charge in [0.15, 0.2) is 21.6 Å². The van der Waals surface area contributed by atoms with Crippen LogP contribution in [0.25, 0.3) is 22.1 Å². The predicted octanol–water partition coefficient (Wildman–Crippen LogP) is 7.28. The molecule has 0 bridgehead atoms. The minimum Gasteiger partial charge on any atom is -0.378 e. The summed E-state index contributed by atoms with van der Waals surface area (Å²) in [5.41, 5.74) is 3.86. The Labute approximate surface area is 258 Å². The highest BCUT2D eigenvalue weighted by atomic mass is 36.0. The van der Waals surface area contributed by atoms with E-state index in [9.17, 15) is 9.36 Å². The lowest BCUT2D eigenvalue weighted by atomic mass is 10.3. The Hall–Kier alpha value is -1.99. The van der Waals surface area contributed by atoms with E-state index in [0.29, 0.717) is 32.1 Å². The number of fused-ring (bicyclic) bond motifs is 2. The highest BCUT2D eigenvalue weighted by Crippen LogP contribution is 2.61. The van der Waals surface area contributed by atoms with Crippen molar-refractivity contribution in [2.75, 3.05) is 31.5 Å². The molecule has 0 radical (unpaired) electrons. The molecule has 11 nitrogen and oxygen atoms in total. The minimum absolute atomic E-state index is 0.138. The van der Waals surface area contributed by atoms with Crippen molar-refractivity contribution in [1.29, 1.82) is 0 Å². The monoisotopic (exact) mass is 683 g/mol. The topological polar surface area (TPSA) is 149 Å². The second kappa shape index (κ2) is 15.9. The number of para-hydroxylation sites is 1. The third kappa shape index (κ3) is 10.8. The second-order valence-corrected chi connectivity index (χ2v) is 16.4. The fourth-order valence-electron chi connectivity index (χ4n) is 2.97. The molecule has 0 unspecified atom stereocenters. The number of aryl methyl sites for hydroxylation is 2. The zero-order valence-corrected chi connectivity index (χ0v) is 27.7. The molecule has 18 heteroatoms. The summed E-state index contributed by atoms with van der Waals surface area (Å²) in [5, 5.41) is 13.3. The quantitative estimate of drug-likeness (QED) is 0.0766. The molecular weight excluding hydrogens is 659 g/mol.